The van der Waals surface area contributed by atoms with E-state index < -0.39 is 17.7 Å². The summed E-state index contributed by atoms with van der Waals surface area (Å²) in [6.45, 7) is 2.40. The van der Waals surface area contributed by atoms with E-state index in [1.165, 1.54) is 22.7 Å². The zero-order valence-corrected chi connectivity index (χ0v) is 25.1. The van der Waals surface area contributed by atoms with Crippen LogP contribution in [0.25, 0.3) is 5.76 Å². The average Bonchev–Trinajstić information content (AvgIpc) is 3.61. The highest BCUT2D eigenvalue weighted by Gasteiger charge is 2.48. The summed E-state index contributed by atoms with van der Waals surface area (Å²) in [5.41, 5.74) is 3.63. The van der Waals surface area contributed by atoms with Crippen LogP contribution in [0.15, 0.2) is 113 Å². The van der Waals surface area contributed by atoms with E-state index in [-0.39, 0.29) is 22.3 Å². The first-order valence-electron chi connectivity index (χ1n) is 13.7. The fourth-order valence-electron chi connectivity index (χ4n) is 4.93. The normalized spacial score (nSPS) is 16.0. The minimum absolute atomic E-state index is 0.0506. The van der Waals surface area contributed by atoms with E-state index in [4.69, 9.17) is 4.74 Å². The molecule has 1 aliphatic heterocycles. The molecule has 220 valence electrons. The number of hydrogen-bond donors (Lipinski definition) is 1. The first-order chi connectivity index (χ1) is 21.4. The number of aromatic nitrogens is 2. The molecule has 7 nitrogen and oxygen atoms in total. The monoisotopic (exact) mass is 623 g/mol. The molecule has 0 bridgehead atoms. The van der Waals surface area contributed by atoms with Crippen LogP contribution in [-0.4, -0.2) is 27.0 Å². The summed E-state index contributed by atoms with van der Waals surface area (Å²) >= 11 is 2.41. The van der Waals surface area contributed by atoms with Gasteiger partial charge in [0, 0.05) is 11.3 Å². The van der Waals surface area contributed by atoms with Crippen LogP contribution in [0.5, 0.6) is 5.75 Å². The summed E-state index contributed by atoms with van der Waals surface area (Å²) in [5.74, 6) is -1.34. The van der Waals surface area contributed by atoms with Crippen LogP contribution < -0.4 is 9.64 Å². The number of amides is 1. The molecule has 2 heterocycles. The van der Waals surface area contributed by atoms with Crippen molar-refractivity contribution in [3.63, 3.8) is 0 Å². The van der Waals surface area contributed by atoms with Gasteiger partial charge >= 0.3 is 5.91 Å². The topological polar surface area (TPSA) is 92.6 Å². The maximum Gasteiger partial charge on any atom is 0.301 e. The minimum Gasteiger partial charge on any atom is -0.507 e. The second kappa shape index (κ2) is 12.8. The fraction of sp³-hybridized carbons (Fsp3) is 0.118. The predicted molar refractivity (Wildman–Crippen MR) is 169 cm³/mol. The van der Waals surface area contributed by atoms with Crippen molar-refractivity contribution in [3.8, 4) is 5.75 Å². The third-order valence-electron chi connectivity index (χ3n) is 7.09. The summed E-state index contributed by atoms with van der Waals surface area (Å²) in [4.78, 5) is 28.2. The first kappa shape index (κ1) is 29.3. The van der Waals surface area contributed by atoms with Gasteiger partial charge in [-0.3, -0.25) is 14.5 Å². The highest BCUT2D eigenvalue weighted by molar-refractivity contribution is 8.00. The van der Waals surface area contributed by atoms with E-state index in [2.05, 4.69) is 10.2 Å². The number of aliphatic hydroxyl groups excluding tert-OH is 1. The van der Waals surface area contributed by atoms with Gasteiger partial charge in [0.15, 0.2) is 4.34 Å². The van der Waals surface area contributed by atoms with E-state index in [0.29, 0.717) is 39.1 Å². The van der Waals surface area contributed by atoms with Crippen LogP contribution in [0.3, 0.4) is 0 Å². The van der Waals surface area contributed by atoms with Gasteiger partial charge in [0.25, 0.3) is 5.78 Å². The van der Waals surface area contributed by atoms with Crippen LogP contribution in [0.4, 0.5) is 9.52 Å². The van der Waals surface area contributed by atoms with Crippen LogP contribution in [0, 0.1) is 12.7 Å². The largest absolute Gasteiger partial charge is 0.507 e. The third-order valence-corrected chi connectivity index (χ3v) is 9.19. The Morgan fingerprint density at radius 3 is 2.45 bits per heavy atom. The van der Waals surface area contributed by atoms with E-state index in [1.54, 1.807) is 66.7 Å². The molecule has 1 amide bonds. The molecule has 0 saturated carbocycles. The van der Waals surface area contributed by atoms with Gasteiger partial charge in [-0.25, -0.2) is 4.39 Å². The molecule has 0 spiro atoms. The lowest BCUT2D eigenvalue weighted by Crippen LogP contribution is -2.29. The highest BCUT2D eigenvalue weighted by Crippen LogP contribution is 2.44. The molecule has 6 rings (SSSR count). The number of thioether (sulfide) groups is 1. The first-order valence-corrected chi connectivity index (χ1v) is 15.5. The van der Waals surface area contributed by atoms with Gasteiger partial charge in [0.1, 0.15) is 23.9 Å². The number of anilines is 1. The van der Waals surface area contributed by atoms with E-state index in [1.807, 2.05) is 37.3 Å². The number of nitrogens with zero attached hydrogens (tertiary/aromatic N) is 3. The number of rotatable bonds is 9. The Balaban J connectivity index is 1.28. The quantitative estimate of drug-likeness (QED) is 0.0598. The molecule has 1 saturated heterocycles. The molecule has 1 aromatic heterocycles. The van der Waals surface area contributed by atoms with Crippen molar-refractivity contribution in [2.24, 2.45) is 0 Å². The van der Waals surface area contributed by atoms with E-state index in [9.17, 15) is 19.1 Å². The van der Waals surface area contributed by atoms with Crippen molar-refractivity contribution in [2.45, 2.75) is 29.7 Å². The standard InChI is InChI=1S/C34H26FN3O4S2/c1-21-8-7-9-22(18-21)19-42-26-16-14-24(15-17-26)30(39)28-29(23-10-3-2-4-11-23)38(32(41)31(28)40)33-36-37-34(44-33)43-20-25-12-5-6-13-27(25)35/h2-18,29,39H,19-20H2,1H3. The van der Waals surface area contributed by atoms with Gasteiger partial charge in [-0.1, -0.05) is 101 Å². The van der Waals surface area contributed by atoms with Crippen LogP contribution >= 0.6 is 23.1 Å². The number of carbonyl (C=O) groups excluding carboxylic acids is 2. The second-order valence-electron chi connectivity index (χ2n) is 10.1. The molecule has 0 aliphatic carbocycles. The Labute approximate surface area is 261 Å². The Hall–Kier alpha value is -4.80. The lowest BCUT2D eigenvalue weighted by molar-refractivity contribution is -0.132. The predicted octanol–water partition coefficient (Wildman–Crippen LogP) is 7.48. The Kier molecular flexibility index (Phi) is 8.53. The summed E-state index contributed by atoms with van der Waals surface area (Å²) in [6, 6.07) is 29.3. The molecule has 5 aromatic rings. The van der Waals surface area contributed by atoms with Crippen LogP contribution in [0.2, 0.25) is 0 Å². The summed E-state index contributed by atoms with van der Waals surface area (Å²) in [6.07, 6.45) is 0. The molecule has 0 radical (unpaired) electrons. The number of aryl methyl sites for hydroxylation is 1. The maximum atomic E-state index is 14.1. The van der Waals surface area contributed by atoms with E-state index in [0.717, 1.165) is 22.5 Å². The van der Waals surface area contributed by atoms with Crippen molar-refractivity contribution in [1.29, 1.82) is 0 Å². The minimum atomic E-state index is -0.925. The fourth-order valence-corrected chi connectivity index (χ4v) is 6.78. The van der Waals surface area contributed by atoms with E-state index >= 15 is 0 Å². The van der Waals surface area contributed by atoms with Gasteiger partial charge in [0.05, 0.1) is 11.6 Å². The smallest absolute Gasteiger partial charge is 0.301 e. The molecule has 1 unspecified atom stereocenters. The number of aliphatic hydroxyl groups is 1. The number of benzene rings is 4. The zero-order chi connectivity index (χ0) is 30.6. The molecule has 10 heteroatoms. The molecular weight excluding hydrogens is 598 g/mol. The zero-order valence-electron chi connectivity index (χ0n) is 23.5. The lowest BCUT2D eigenvalue weighted by Gasteiger charge is -2.22. The number of halogens is 1. The van der Waals surface area contributed by atoms with Crippen molar-refractivity contribution < 1.29 is 23.8 Å². The number of ketones is 1. The van der Waals surface area contributed by atoms with Crippen molar-refractivity contribution in [1.82, 2.24) is 10.2 Å². The molecule has 44 heavy (non-hydrogen) atoms. The van der Waals surface area contributed by atoms with Crippen molar-refractivity contribution in [2.75, 3.05) is 4.90 Å². The Bertz CT molecular complexity index is 1860. The van der Waals surface area contributed by atoms with Gasteiger partial charge in [-0.2, -0.15) is 0 Å². The van der Waals surface area contributed by atoms with Crippen LogP contribution in [-0.2, 0) is 21.9 Å². The molecule has 1 atom stereocenters. The number of hydrogen-bond acceptors (Lipinski definition) is 8. The Morgan fingerprint density at radius 1 is 0.955 bits per heavy atom. The molecule has 1 aliphatic rings. The summed E-state index contributed by atoms with van der Waals surface area (Å²) in [7, 11) is 0. The Morgan fingerprint density at radius 2 is 1.70 bits per heavy atom. The van der Waals surface area contributed by atoms with Crippen LogP contribution in [0.1, 0.15) is 33.9 Å². The average molecular weight is 624 g/mol. The van der Waals surface area contributed by atoms with Crippen molar-refractivity contribution in [3.05, 3.63) is 142 Å². The van der Waals surface area contributed by atoms with Gasteiger partial charge in [0.2, 0.25) is 5.13 Å². The summed E-state index contributed by atoms with van der Waals surface area (Å²) in [5, 5.41) is 20.0. The molecule has 1 N–H and O–H groups in total. The van der Waals surface area contributed by atoms with Gasteiger partial charge in [-0.15, -0.1) is 10.2 Å². The summed E-state index contributed by atoms with van der Waals surface area (Å²) < 4.78 is 20.5. The second-order valence-corrected chi connectivity index (χ2v) is 12.3. The van der Waals surface area contributed by atoms with Gasteiger partial charge < -0.3 is 9.84 Å². The molecule has 4 aromatic carbocycles. The maximum absolute atomic E-state index is 14.1. The third kappa shape index (κ3) is 6.13. The highest BCUT2D eigenvalue weighted by atomic mass is 32.2. The lowest BCUT2D eigenvalue weighted by atomic mass is 9.95. The number of ether oxygens (including phenoxy) is 1. The number of carbonyl (C=O) groups is 2. The molecule has 1 fully saturated rings. The van der Waals surface area contributed by atoms with Crippen molar-refractivity contribution >= 4 is 45.7 Å². The van der Waals surface area contributed by atoms with Gasteiger partial charge in [-0.05, 0) is 53.9 Å². The molecular formula is C34H26FN3O4S2. The number of Topliss-reactive ketones (excluding diaryl/α,β-unsaturated/α-hetero) is 1. The SMILES string of the molecule is Cc1cccc(COc2ccc(C(O)=C3C(=O)C(=O)N(c4nnc(SCc5ccccc5F)s4)C3c3ccccc3)cc2)c1.